The fourth-order valence-electron chi connectivity index (χ4n) is 1.92. The monoisotopic (exact) mass is 285 g/mol. The SMILES string of the molecule is Cc1cc(C(N)=O)cc(N(C)c2ccc(C(=O)O)cc2)n1. The molecule has 6 nitrogen and oxygen atoms in total. The first kappa shape index (κ1) is 14.5. The molecule has 0 aliphatic carbocycles. The molecule has 6 heteroatoms. The molecule has 3 N–H and O–H groups in total. The summed E-state index contributed by atoms with van der Waals surface area (Å²) in [6.07, 6.45) is 0. The van der Waals surface area contributed by atoms with Crippen LogP contribution in [0.25, 0.3) is 0 Å². The number of carbonyl (C=O) groups is 2. The van der Waals surface area contributed by atoms with Gasteiger partial charge in [0, 0.05) is 24.0 Å². The second-order valence-electron chi connectivity index (χ2n) is 4.63. The smallest absolute Gasteiger partial charge is 0.335 e. The molecule has 108 valence electrons. The molecule has 2 rings (SSSR count). The molecule has 0 saturated carbocycles. The standard InChI is InChI=1S/C15H15N3O3/c1-9-7-11(14(16)19)8-13(17-9)18(2)12-5-3-10(4-6-12)15(20)21/h3-8H,1-2H3,(H2,16,19)(H,20,21). The Hall–Kier alpha value is -2.89. The Balaban J connectivity index is 2.37. The maximum atomic E-state index is 11.3. The fourth-order valence-corrected chi connectivity index (χ4v) is 1.92. The quantitative estimate of drug-likeness (QED) is 0.895. The van der Waals surface area contributed by atoms with Crippen LogP contribution in [0.15, 0.2) is 36.4 Å². The lowest BCUT2D eigenvalue weighted by molar-refractivity contribution is 0.0696. The number of rotatable bonds is 4. The lowest BCUT2D eigenvalue weighted by Gasteiger charge is -2.19. The molecule has 21 heavy (non-hydrogen) atoms. The molecule has 0 spiro atoms. The first-order chi connectivity index (χ1) is 9.88. The molecular formula is C15H15N3O3. The van der Waals surface area contributed by atoms with Crippen LogP contribution in [-0.2, 0) is 0 Å². The lowest BCUT2D eigenvalue weighted by Crippen LogP contribution is -2.16. The Morgan fingerprint density at radius 1 is 1.14 bits per heavy atom. The van der Waals surface area contributed by atoms with Crippen LogP contribution < -0.4 is 10.6 Å². The third-order valence-electron chi connectivity index (χ3n) is 3.07. The van der Waals surface area contributed by atoms with Crippen LogP contribution in [0.2, 0.25) is 0 Å². The maximum Gasteiger partial charge on any atom is 0.335 e. The Bertz CT molecular complexity index is 696. The topological polar surface area (TPSA) is 96.5 Å². The average molecular weight is 285 g/mol. The number of aromatic carboxylic acids is 1. The molecule has 1 aromatic heterocycles. The summed E-state index contributed by atoms with van der Waals surface area (Å²) in [5.74, 6) is -0.933. The minimum Gasteiger partial charge on any atom is -0.478 e. The van der Waals surface area contributed by atoms with Gasteiger partial charge in [0.05, 0.1) is 5.56 Å². The molecule has 0 bridgehead atoms. The van der Waals surface area contributed by atoms with Gasteiger partial charge in [-0.3, -0.25) is 4.79 Å². The summed E-state index contributed by atoms with van der Waals surface area (Å²) in [5, 5.41) is 8.89. The van der Waals surface area contributed by atoms with E-state index < -0.39 is 11.9 Å². The second-order valence-corrected chi connectivity index (χ2v) is 4.63. The Morgan fingerprint density at radius 3 is 2.29 bits per heavy atom. The van der Waals surface area contributed by atoms with Crippen LogP contribution >= 0.6 is 0 Å². The van der Waals surface area contributed by atoms with Crippen LogP contribution in [0.1, 0.15) is 26.4 Å². The zero-order chi connectivity index (χ0) is 15.6. The lowest BCUT2D eigenvalue weighted by atomic mass is 10.2. The van der Waals surface area contributed by atoms with E-state index in [1.807, 2.05) is 0 Å². The highest BCUT2D eigenvalue weighted by Gasteiger charge is 2.11. The summed E-state index contributed by atoms with van der Waals surface area (Å²) in [6.45, 7) is 1.78. The number of nitrogens with two attached hydrogens (primary N) is 1. The normalized spacial score (nSPS) is 10.2. The minimum absolute atomic E-state index is 0.210. The summed E-state index contributed by atoms with van der Waals surface area (Å²) >= 11 is 0. The van der Waals surface area contributed by atoms with Gasteiger partial charge in [-0.25, -0.2) is 9.78 Å². The molecule has 0 aliphatic rings. The van der Waals surface area contributed by atoms with E-state index in [0.717, 1.165) is 5.69 Å². The number of amides is 1. The number of carboxylic acid groups (broad SMARTS) is 1. The van der Waals surface area contributed by atoms with E-state index in [-0.39, 0.29) is 5.56 Å². The van der Waals surface area contributed by atoms with Crippen molar-refractivity contribution in [3.8, 4) is 0 Å². The van der Waals surface area contributed by atoms with Gasteiger partial charge in [0.2, 0.25) is 5.91 Å². The van der Waals surface area contributed by atoms with Gasteiger partial charge >= 0.3 is 5.97 Å². The van der Waals surface area contributed by atoms with Crippen molar-refractivity contribution in [1.29, 1.82) is 0 Å². The largest absolute Gasteiger partial charge is 0.478 e. The van der Waals surface area contributed by atoms with Gasteiger partial charge in [-0.05, 0) is 43.3 Å². The Kier molecular flexibility index (Phi) is 3.89. The van der Waals surface area contributed by atoms with Gasteiger partial charge in [0.25, 0.3) is 0 Å². The molecule has 0 unspecified atom stereocenters. The van der Waals surface area contributed by atoms with Crippen molar-refractivity contribution in [2.75, 3.05) is 11.9 Å². The van der Waals surface area contributed by atoms with Gasteiger partial charge in [-0.1, -0.05) is 0 Å². The summed E-state index contributed by atoms with van der Waals surface area (Å²) in [5.41, 5.74) is 7.32. The molecule has 0 fully saturated rings. The van der Waals surface area contributed by atoms with Crippen molar-refractivity contribution >= 4 is 23.4 Å². The van der Waals surface area contributed by atoms with E-state index >= 15 is 0 Å². The third-order valence-corrected chi connectivity index (χ3v) is 3.07. The predicted molar refractivity (Wildman–Crippen MR) is 79.0 cm³/mol. The second kappa shape index (κ2) is 5.62. The number of benzene rings is 1. The molecule has 0 aliphatic heterocycles. The van der Waals surface area contributed by atoms with Crippen LogP contribution in [0.4, 0.5) is 11.5 Å². The molecule has 1 aromatic carbocycles. The van der Waals surface area contributed by atoms with Crippen molar-refractivity contribution < 1.29 is 14.7 Å². The van der Waals surface area contributed by atoms with Crippen molar-refractivity contribution in [2.45, 2.75) is 6.92 Å². The molecule has 0 atom stereocenters. The number of aryl methyl sites for hydroxylation is 1. The number of nitrogens with zero attached hydrogens (tertiary/aromatic N) is 2. The summed E-state index contributed by atoms with van der Waals surface area (Å²) in [7, 11) is 1.78. The van der Waals surface area contributed by atoms with Crippen molar-refractivity contribution in [3.63, 3.8) is 0 Å². The molecular weight excluding hydrogens is 270 g/mol. The third kappa shape index (κ3) is 3.17. The number of aromatic nitrogens is 1. The highest BCUT2D eigenvalue weighted by atomic mass is 16.4. The Labute approximate surface area is 121 Å². The number of pyridine rings is 1. The van der Waals surface area contributed by atoms with Gasteiger partial charge in [-0.2, -0.15) is 0 Å². The number of primary amides is 1. The Morgan fingerprint density at radius 2 is 1.76 bits per heavy atom. The zero-order valence-electron chi connectivity index (χ0n) is 11.7. The number of hydrogen-bond acceptors (Lipinski definition) is 4. The van der Waals surface area contributed by atoms with Gasteiger partial charge < -0.3 is 15.7 Å². The van der Waals surface area contributed by atoms with Crippen molar-refractivity contribution in [3.05, 3.63) is 53.2 Å². The highest BCUT2D eigenvalue weighted by Crippen LogP contribution is 2.23. The first-order valence-electron chi connectivity index (χ1n) is 6.24. The first-order valence-corrected chi connectivity index (χ1v) is 6.24. The number of hydrogen-bond donors (Lipinski definition) is 2. The van der Waals surface area contributed by atoms with E-state index in [1.54, 1.807) is 43.1 Å². The molecule has 0 saturated heterocycles. The zero-order valence-corrected chi connectivity index (χ0v) is 11.7. The molecule has 2 aromatic rings. The van der Waals surface area contributed by atoms with Crippen LogP contribution in [0.5, 0.6) is 0 Å². The van der Waals surface area contributed by atoms with Crippen molar-refractivity contribution in [2.24, 2.45) is 5.73 Å². The van der Waals surface area contributed by atoms with Gasteiger partial charge in [0.1, 0.15) is 5.82 Å². The number of carboxylic acids is 1. The molecule has 0 radical (unpaired) electrons. The summed E-state index contributed by atoms with van der Waals surface area (Å²) < 4.78 is 0. The van der Waals surface area contributed by atoms with E-state index in [9.17, 15) is 9.59 Å². The van der Waals surface area contributed by atoms with Crippen LogP contribution in [0, 0.1) is 6.92 Å². The maximum absolute atomic E-state index is 11.3. The van der Waals surface area contributed by atoms with E-state index in [4.69, 9.17) is 10.8 Å². The van der Waals surface area contributed by atoms with E-state index in [2.05, 4.69) is 4.98 Å². The van der Waals surface area contributed by atoms with Gasteiger partial charge in [-0.15, -0.1) is 0 Å². The number of carbonyl (C=O) groups excluding carboxylic acids is 1. The van der Waals surface area contributed by atoms with E-state index in [1.165, 1.54) is 12.1 Å². The molecule has 1 amide bonds. The van der Waals surface area contributed by atoms with Crippen LogP contribution in [-0.4, -0.2) is 29.0 Å². The number of anilines is 2. The average Bonchev–Trinajstić information content (AvgIpc) is 2.45. The van der Waals surface area contributed by atoms with Crippen LogP contribution in [0.3, 0.4) is 0 Å². The van der Waals surface area contributed by atoms with E-state index in [0.29, 0.717) is 17.1 Å². The fraction of sp³-hybridized carbons (Fsp3) is 0.133. The summed E-state index contributed by atoms with van der Waals surface area (Å²) in [6, 6.07) is 9.60. The molecule has 1 heterocycles. The highest BCUT2D eigenvalue weighted by molar-refractivity contribution is 5.94. The van der Waals surface area contributed by atoms with Gasteiger partial charge in [0.15, 0.2) is 0 Å². The summed E-state index contributed by atoms with van der Waals surface area (Å²) in [4.78, 5) is 28.2. The minimum atomic E-state index is -0.978. The predicted octanol–water partition coefficient (Wildman–Crippen LogP) is 1.96. The van der Waals surface area contributed by atoms with Crippen molar-refractivity contribution in [1.82, 2.24) is 4.98 Å².